The molecule has 2 rings (SSSR count). The molecule has 0 radical (unpaired) electrons. The quantitative estimate of drug-likeness (QED) is 0.790. The zero-order valence-corrected chi connectivity index (χ0v) is 11.0. The summed E-state index contributed by atoms with van der Waals surface area (Å²) < 4.78 is 5.57. The zero-order chi connectivity index (χ0) is 13.7. The Morgan fingerprint density at radius 3 is 3.05 bits per heavy atom. The molecule has 1 heterocycles. The first kappa shape index (κ1) is 13.4. The largest absolute Gasteiger partial charge is 0.494 e. The lowest BCUT2D eigenvalue weighted by Gasteiger charge is -2.17. The Hall–Kier alpha value is -2.04. The van der Waals surface area contributed by atoms with Crippen molar-refractivity contribution in [2.24, 2.45) is 0 Å². The third-order valence-electron chi connectivity index (χ3n) is 3.07. The van der Waals surface area contributed by atoms with Gasteiger partial charge in [-0.3, -0.25) is 9.59 Å². The molecule has 1 aromatic carbocycles. The summed E-state index contributed by atoms with van der Waals surface area (Å²) in [5.74, 6) is 0.781. The normalized spacial score (nSPS) is 13.4. The highest BCUT2D eigenvalue weighted by Crippen LogP contribution is 2.27. The third-order valence-corrected chi connectivity index (χ3v) is 3.07. The van der Waals surface area contributed by atoms with Crippen molar-refractivity contribution in [3.8, 4) is 5.75 Å². The lowest BCUT2D eigenvalue weighted by Crippen LogP contribution is -2.19. The van der Waals surface area contributed by atoms with Gasteiger partial charge in [-0.05, 0) is 24.5 Å². The minimum atomic E-state index is 0.0151. The van der Waals surface area contributed by atoms with Crippen molar-refractivity contribution in [1.29, 1.82) is 0 Å². The number of hydrogen-bond acceptors (Lipinski definition) is 3. The standard InChI is InChI=1S/C14H18N2O3/c1-15-13(17)3-2-8-19-11-6-4-10-5-7-14(18)16-12(10)9-11/h4,6,9H,2-3,5,7-8H2,1H3,(H,15,17)(H,16,18). The molecule has 5 heteroatoms. The van der Waals surface area contributed by atoms with E-state index in [2.05, 4.69) is 10.6 Å². The Bertz CT molecular complexity index is 486. The molecular weight excluding hydrogens is 244 g/mol. The Morgan fingerprint density at radius 1 is 1.42 bits per heavy atom. The van der Waals surface area contributed by atoms with Gasteiger partial charge in [0.1, 0.15) is 5.75 Å². The van der Waals surface area contributed by atoms with Crippen LogP contribution in [0.5, 0.6) is 5.75 Å². The van der Waals surface area contributed by atoms with E-state index in [0.717, 1.165) is 23.4 Å². The fraction of sp³-hybridized carbons (Fsp3) is 0.429. The second-order valence-electron chi connectivity index (χ2n) is 4.49. The fourth-order valence-corrected chi connectivity index (χ4v) is 1.99. The van der Waals surface area contributed by atoms with Gasteiger partial charge >= 0.3 is 0 Å². The van der Waals surface area contributed by atoms with Crippen molar-refractivity contribution in [3.63, 3.8) is 0 Å². The maximum Gasteiger partial charge on any atom is 0.224 e. The van der Waals surface area contributed by atoms with E-state index in [1.165, 1.54) is 0 Å². The monoisotopic (exact) mass is 262 g/mol. The maximum atomic E-state index is 11.3. The van der Waals surface area contributed by atoms with E-state index in [9.17, 15) is 9.59 Å². The summed E-state index contributed by atoms with van der Waals surface area (Å²) >= 11 is 0. The summed E-state index contributed by atoms with van der Waals surface area (Å²) in [7, 11) is 1.62. The van der Waals surface area contributed by atoms with Gasteiger partial charge < -0.3 is 15.4 Å². The van der Waals surface area contributed by atoms with Crippen LogP contribution in [-0.4, -0.2) is 25.5 Å². The van der Waals surface area contributed by atoms with Crippen LogP contribution < -0.4 is 15.4 Å². The molecule has 0 aliphatic carbocycles. The molecule has 1 aliphatic heterocycles. The van der Waals surface area contributed by atoms with E-state index in [-0.39, 0.29) is 11.8 Å². The van der Waals surface area contributed by atoms with Crippen molar-refractivity contribution >= 4 is 17.5 Å². The van der Waals surface area contributed by atoms with Gasteiger partial charge in [0.15, 0.2) is 0 Å². The van der Waals surface area contributed by atoms with Gasteiger partial charge in [0, 0.05) is 31.6 Å². The average molecular weight is 262 g/mol. The van der Waals surface area contributed by atoms with Gasteiger partial charge in [-0.25, -0.2) is 0 Å². The van der Waals surface area contributed by atoms with Crippen molar-refractivity contribution in [1.82, 2.24) is 5.32 Å². The molecule has 2 N–H and O–H groups in total. The van der Waals surface area contributed by atoms with Crippen LogP contribution in [0.25, 0.3) is 0 Å². The molecule has 102 valence electrons. The number of hydrogen-bond donors (Lipinski definition) is 2. The first-order valence-corrected chi connectivity index (χ1v) is 6.45. The van der Waals surface area contributed by atoms with Crippen molar-refractivity contribution in [3.05, 3.63) is 23.8 Å². The summed E-state index contributed by atoms with van der Waals surface area (Å²) in [6, 6.07) is 5.71. The Balaban J connectivity index is 1.86. The average Bonchev–Trinajstić information content (AvgIpc) is 2.42. The van der Waals surface area contributed by atoms with E-state index in [1.54, 1.807) is 7.05 Å². The van der Waals surface area contributed by atoms with Crippen molar-refractivity contribution in [2.45, 2.75) is 25.7 Å². The fourth-order valence-electron chi connectivity index (χ4n) is 1.99. The molecule has 0 atom stereocenters. The highest BCUT2D eigenvalue weighted by atomic mass is 16.5. The molecule has 0 fully saturated rings. The zero-order valence-electron chi connectivity index (χ0n) is 11.0. The van der Waals surface area contributed by atoms with Crippen LogP contribution in [0.2, 0.25) is 0 Å². The van der Waals surface area contributed by atoms with E-state index < -0.39 is 0 Å². The summed E-state index contributed by atoms with van der Waals surface area (Å²) in [6.45, 7) is 0.486. The SMILES string of the molecule is CNC(=O)CCCOc1ccc2c(c1)NC(=O)CC2. The van der Waals surface area contributed by atoms with Crippen LogP contribution in [0.1, 0.15) is 24.8 Å². The second-order valence-corrected chi connectivity index (χ2v) is 4.49. The predicted octanol–water partition coefficient (Wildman–Crippen LogP) is 1.48. The molecule has 0 unspecified atom stereocenters. The van der Waals surface area contributed by atoms with Gasteiger partial charge in [0.05, 0.1) is 6.61 Å². The number of amides is 2. The summed E-state index contributed by atoms with van der Waals surface area (Å²) in [5.41, 5.74) is 1.97. The molecule has 1 aromatic rings. The number of aryl methyl sites for hydroxylation is 1. The number of carbonyl (C=O) groups excluding carboxylic acids is 2. The molecule has 2 amide bonds. The van der Waals surface area contributed by atoms with E-state index in [1.807, 2.05) is 18.2 Å². The van der Waals surface area contributed by atoms with Crippen LogP contribution >= 0.6 is 0 Å². The number of carbonyl (C=O) groups is 2. The lowest BCUT2D eigenvalue weighted by atomic mass is 10.0. The molecule has 0 saturated carbocycles. The Labute approximate surface area is 112 Å². The molecule has 5 nitrogen and oxygen atoms in total. The van der Waals surface area contributed by atoms with E-state index >= 15 is 0 Å². The van der Waals surface area contributed by atoms with Gasteiger partial charge in [-0.2, -0.15) is 0 Å². The number of rotatable bonds is 5. The minimum absolute atomic E-state index is 0.0151. The molecule has 0 aromatic heterocycles. The minimum Gasteiger partial charge on any atom is -0.494 e. The van der Waals surface area contributed by atoms with Crippen LogP contribution in [0.4, 0.5) is 5.69 Å². The summed E-state index contributed by atoms with van der Waals surface area (Å²) in [5, 5.41) is 5.40. The first-order chi connectivity index (χ1) is 9.19. The van der Waals surface area contributed by atoms with Crippen LogP contribution in [0, 0.1) is 0 Å². The molecule has 0 saturated heterocycles. The van der Waals surface area contributed by atoms with Crippen LogP contribution in [0.15, 0.2) is 18.2 Å². The van der Waals surface area contributed by atoms with Gasteiger partial charge in [0.2, 0.25) is 11.8 Å². The van der Waals surface area contributed by atoms with E-state index in [0.29, 0.717) is 25.9 Å². The topological polar surface area (TPSA) is 67.4 Å². The second kappa shape index (κ2) is 6.22. The lowest BCUT2D eigenvalue weighted by molar-refractivity contribution is -0.120. The Morgan fingerprint density at radius 2 is 2.26 bits per heavy atom. The number of ether oxygens (including phenoxy) is 1. The first-order valence-electron chi connectivity index (χ1n) is 6.45. The van der Waals surface area contributed by atoms with E-state index in [4.69, 9.17) is 4.74 Å². The van der Waals surface area contributed by atoms with Gasteiger partial charge in [0.25, 0.3) is 0 Å². The molecule has 0 spiro atoms. The van der Waals surface area contributed by atoms with Crippen LogP contribution in [-0.2, 0) is 16.0 Å². The van der Waals surface area contributed by atoms with Crippen molar-refractivity contribution < 1.29 is 14.3 Å². The highest BCUT2D eigenvalue weighted by molar-refractivity contribution is 5.94. The molecule has 0 bridgehead atoms. The molecule has 1 aliphatic rings. The number of fused-ring (bicyclic) bond motifs is 1. The summed E-state index contributed by atoms with van der Waals surface area (Å²) in [6.07, 6.45) is 2.44. The number of anilines is 1. The summed E-state index contributed by atoms with van der Waals surface area (Å²) in [4.78, 5) is 22.3. The molecular formula is C14H18N2O3. The highest BCUT2D eigenvalue weighted by Gasteiger charge is 2.14. The Kier molecular flexibility index (Phi) is 4.39. The third kappa shape index (κ3) is 3.71. The van der Waals surface area contributed by atoms with Crippen molar-refractivity contribution in [2.75, 3.05) is 19.0 Å². The number of nitrogens with one attached hydrogen (secondary N) is 2. The predicted molar refractivity (Wildman–Crippen MR) is 72.2 cm³/mol. The molecule has 19 heavy (non-hydrogen) atoms. The van der Waals surface area contributed by atoms with Gasteiger partial charge in [-0.1, -0.05) is 6.07 Å². The smallest absolute Gasteiger partial charge is 0.224 e. The van der Waals surface area contributed by atoms with Crippen LogP contribution in [0.3, 0.4) is 0 Å². The maximum absolute atomic E-state index is 11.3. The number of benzene rings is 1. The van der Waals surface area contributed by atoms with Gasteiger partial charge in [-0.15, -0.1) is 0 Å².